The van der Waals surface area contributed by atoms with E-state index in [4.69, 9.17) is 4.74 Å². The van der Waals surface area contributed by atoms with E-state index in [1.54, 1.807) is 0 Å². The van der Waals surface area contributed by atoms with Gasteiger partial charge in [-0.1, -0.05) is 194 Å². The summed E-state index contributed by atoms with van der Waals surface area (Å²) in [7, 11) is 1.44. The van der Waals surface area contributed by atoms with Gasteiger partial charge < -0.3 is 19.5 Å². The lowest BCUT2D eigenvalue weighted by Crippen LogP contribution is -2.29. The van der Waals surface area contributed by atoms with Crippen LogP contribution in [-0.2, 0) is 19.1 Å². The SMILES string of the molecule is CCCCCCCCCCCCCCCCC.CCCCCCCCCOC(=O)CCCCCCCN(CCO)CCCCCCCC(=O)OC. The van der Waals surface area contributed by atoms with Crippen molar-refractivity contribution in [2.45, 2.75) is 239 Å². The van der Waals surface area contributed by atoms with Crippen LogP contribution in [0.3, 0.4) is 0 Å². The van der Waals surface area contributed by atoms with Gasteiger partial charge in [0.1, 0.15) is 0 Å². The fraction of sp³-hybridized carbons (Fsp3) is 0.956. The number of carbonyl (C=O) groups is 2. The second-order valence-electron chi connectivity index (χ2n) is 15.1. The maximum absolute atomic E-state index is 11.8. The van der Waals surface area contributed by atoms with Gasteiger partial charge in [-0.25, -0.2) is 0 Å². The summed E-state index contributed by atoms with van der Waals surface area (Å²) >= 11 is 0. The number of carbonyl (C=O) groups excluding carboxylic acids is 2. The quantitative estimate of drug-likeness (QED) is 0.0501. The Kier molecular flexibility index (Phi) is 47.8. The molecule has 0 aliphatic rings. The number of rotatable bonds is 40. The number of aliphatic hydroxyl groups excluding tert-OH is 1. The largest absolute Gasteiger partial charge is 0.469 e. The third-order valence-corrected chi connectivity index (χ3v) is 10.1. The van der Waals surface area contributed by atoms with Gasteiger partial charge in [-0.3, -0.25) is 9.59 Å². The van der Waals surface area contributed by atoms with E-state index < -0.39 is 0 Å². The number of hydrogen-bond donors (Lipinski definition) is 1. The van der Waals surface area contributed by atoms with E-state index in [-0.39, 0.29) is 18.5 Å². The lowest BCUT2D eigenvalue weighted by atomic mass is 10.0. The van der Waals surface area contributed by atoms with E-state index >= 15 is 0 Å². The van der Waals surface area contributed by atoms with E-state index in [0.717, 1.165) is 83.8 Å². The van der Waals surface area contributed by atoms with E-state index in [9.17, 15) is 14.7 Å². The summed E-state index contributed by atoms with van der Waals surface area (Å²) in [6.07, 6.45) is 42.5. The number of esters is 2. The molecular formula is C45H91NO5. The van der Waals surface area contributed by atoms with Gasteiger partial charge in [0, 0.05) is 19.4 Å². The highest BCUT2D eigenvalue weighted by Crippen LogP contribution is 2.14. The normalized spacial score (nSPS) is 11.1. The van der Waals surface area contributed by atoms with Crippen LogP contribution in [0.15, 0.2) is 0 Å². The standard InChI is InChI=1S/C28H55NO5.C17H36/c1-3-4-5-6-7-14-19-26-34-28(32)21-16-11-9-13-18-23-29(24-25-30)22-17-12-8-10-15-20-27(31)33-2;1-3-5-7-9-11-13-15-17-16-14-12-10-8-6-4-2/h30H,3-26H2,1-2H3;3-17H2,1-2H3. The zero-order chi connectivity index (χ0) is 37.7. The molecule has 0 rings (SSSR count). The molecule has 0 atom stereocenters. The summed E-state index contributed by atoms with van der Waals surface area (Å²) in [4.78, 5) is 25.3. The van der Waals surface area contributed by atoms with Crippen LogP contribution in [0.2, 0.25) is 0 Å². The number of nitrogens with zero attached hydrogens (tertiary/aromatic N) is 1. The van der Waals surface area contributed by atoms with Crippen molar-refractivity contribution in [3.05, 3.63) is 0 Å². The molecule has 0 spiro atoms. The fourth-order valence-corrected chi connectivity index (χ4v) is 6.61. The molecule has 0 saturated carbocycles. The smallest absolute Gasteiger partial charge is 0.305 e. The lowest BCUT2D eigenvalue weighted by Gasteiger charge is -2.21. The molecule has 0 aromatic heterocycles. The first-order valence-corrected chi connectivity index (χ1v) is 22.6. The fourth-order valence-electron chi connectivity index (χ4n) is 6.61. The van der Waals surface area contributed by atoms with Gasteiger partial charge in [0.15, 0.2) is 0 Å². The molecule has 1 N–H and O–H groups in total. The minimum atomic E-state index is -0.118. The molecule has 0 radical (unpaired) electrons. The summed E-state index contributed by atoms with van der Waals surface area (Å²) < 4.78 is 10.0. The van der Waals surface area contributed by atoms with Crippen LogP contribution >= 0.6 is 0 Å². The van der Waals surface area contributed by atoms with Crippen molar-refractivity contribution in [1.29, 1.82) is 0 Å². The highest BCUT2D eigenvalue weighted by molar-refractivity contribution is 5.69. The van der Waals surface area contributed by atoms with Crippen molar-refractivity contribution in [1.82, 2.24) is 4.90 Å². The van der Waals surface area contributed by atoms with Crippen LogP contribution in [0.5, 0.6) is 0 Å². The molecule has 0 aliphatic carbocycles. The van der Waals surface area contributed by atoms with Crippen LogP contribution < -0.4 is 0 Å². The first-order valence-electron chi connectivity index (χ1n) is 22.6. The van der Waals surface area contributed by atoms with Gasteiger partial charge in [-0.15, -0.1) is 0 Å². The Morgan fingerprint density at radius 3 is 1.08 bits per heavy atom. The monoisotopic (exact) mass is 726 g/mol. The van der Waals surface area contributed by atoms with Gasteiger partial charge in [-0.2, -0.15) is 0 Å². The van der Waals surface area contributed by atoms with Crippen LogP contribution in [0.1, 0.15) is 239 Å². The van der Waals surface area contributed by atoms with Crippen LogP contribution in [-0.4, -0.2) is 61.9 Å². The molecule has 0 saturated heterocycles. The third kappa shape index (κ3) is 46.8. The Hall–Kier alpha value is -1.14. The molecule has 0 amide bonds. The number of methoxy groups -OCH3 is 1. The van der Waals surface area contributed by atoms with Crippen molar-refractivity contribution in [2.24, 2.45) is 0 Å². The zero-order valence-electron chi connectivity index (χ0n) is 35.1. The average molecular weight is 726 g/mol. The minimum absolute atomic E-state index is 0.0367. The lowest BCUT2D eigenvalue weighted by molar-refractivity contribution is -0.144. The summed E-state index contributed by atoms with van der Waals surface area (Å²) in [6.45, 7) is 10.4. The minimum Gasteiger partial charge on any atom is -0.469 e. The van der Waals surface area contributed by atoms with E-state index in [1.807, 2.05) is 0 Å². The molecule has 6 nitrogen and oxygen atoms in total. The van der Waals surface area contributed by atoms with E-state index in [0.29, 0.717) is 19.4 Å². The third-order valence-electron chi connectivity index (χ3n) is 10.1. The predicted octanol–water partition coefficient (Wildman–Crippen LogP) is 13.3. The first kappa shape index (κ1) is 52.0. The second-order valence-corrected chi connectivity index (χ2v) is 15.1. The topological polar surface area (TPSA) is 76.1 Å². The van der Waals surface area contributed by atoms with E-state index in [1.165, 1.54) is 148 Å². The highest BCUT2D eigenvalue weighted by atomic mass is 16.5. The first-order chi connectivity index (χ1) is 25.0. The molecule has 0 aliphatic heterocycles. The Morgan fingerprint density at radius 2 is 0.725 bits per heavy atom. The van der Waals surface area contributed by atoms with Crippen LogP contribution in [0, 0.1) is 0 Å². The average Bonchev–Trinajstić information content (AvgIpc) is 3.13. The van der Waals surface area contributed by atoms with Crippen molar-refractivity contribution >= 4 is 11.9 Å². The Balaban J connectivity index is 0. The summed E-state index contributed by atoms with van der Waals surface area (Å²) in [5, 5.41) is 9.32. The number of aliphatic hydroxyl groups is 1. The number of ether oxygens (including phenoxy) is 2. The molecule has 306 valence electrons. The maximum atomic E-state index is 11.8. The summed E-state index contributed by atoms with van der Waals surface area (Å²) in [6, 6.07) is 0. The molecule has 0 fully saturated rings. The highest BCUT2D eigenvalue weighted by Gasteiger charge is 2.06. The Labute approximate surface area is 319 Å². The van der Waals surface area contributed by atoms with Crippen molar-refractivity contribution in [3.8, 4) is 0 Å². The predicted molar refractivity (Wildman–Crippen MR) is 221 cm³/mol. The molecule has 0 heterocycles. The Morgan fingerprint density at radius 1 is 0.412 bits per heavy atom. The molecule has 51 heavy (non-hydrogen) atoms. The number of hydrogen-bond acceptors (Lipinski definition) is 6. The maximum Gasteiger partial charge on any atom is 0.305 e. The van der Waals surface area contributed by atoms with Gasteiger partial charge >= 0.3 is 11.9 Å². The van der Waals surface area contributed by atoms with Gasteiger partial charge in [0.2, 0.25) is 0 Å². The number of unbranched alkanes of at least 4 members (excludes halogenated alkanes) is 28. The molecule has 0 aromatic carbocycles. The molecule has 0 bridgehead atoms. The van der Waals surface area contributed by atoms with Crippen LogP contribution in [0.25, 0.3) is 0 Å². The summed E-state index contributed by atoms with van der Waals surface area (Å²) in [5.41, 5.74) is 0. The van der Waals surface area contributed by atoms with Crippen LogP contribution in [0.4, 0.5) is 0 Å². The molecule has 0 aromatic rings. The van der Waals surface area contributed by atoms with Gasteiger partial charge in [-0.05, 0) is 45.2 Å². The van der Waals surface area contributed by atoms with Crippen molar-refractivity contribution in [2.75, 3.05) is 40.0 Å². The van der Waals surface area contributed by atoms with E-state index in [2.05, 4.69) is 30.4 Å². The van der Waals surface area contributed by atoms with Gasteiger partial charge in [0.05, 0.1) is 20.3 Å². The molecular weight excluding hydrogens is 634 g/mol. The molecule has 0 unspecified atom stereocenters. The zero-order valence-corrected chi connectivity index (χ0v) is 35.1. The second kappa shape index (κ2) is 46.9. The summed E-state index contributed by atoms with van der Waals surface area (Å²) in [5.74, 6) is -0.154. The van der Waals surface area contributed by atoms with Gasteiger partial charge in [0.25, 0.3) is 0 Å². The van der Waals surface area contributed by atoms with Crippen molar-refractivity contribution in [3.63, 3.8) is 0 Å². The van der Waals surface area contributed by atoms with Crippen molar-refractivity contribution < 1.29 is 24.2 Å². The molecule has 6 heteroatoms. The Bertz CT molecular complexity index is 659.